The Labute approximate surface area is 139 Å². The fourth-order valence-corrected chi connectivity index (χ4v) is 2.81. The molecule has 1 saturated heterocycles. The summed E-state index contributed by atoms with van der Waals surface area (Å²) >= 11 is 0. The van der Waals surface area contributed by atoms with Gasteiger partial charge in [-0.1, -0.05) is 5.21 Å². The van der Waals surface area contributed by atoms with E-state index in [0.717, 1.165) is 31.7 Å². The molecule has 2 aromatic rings. The maximum absolute atomic E-state index is 11.5. The molecule has 3 rings (SSSR count). The van der Waals surface area contributed by atoms with Gasteiger partial charge in [0, 0.05) is 24.8 Å². The summed E-state index contributed by atoms with van der Waals surface area (Å²) in [4.78, 5) is 29.4. The molecular weight excluding hydrogens is 310 g/mol. The zero-order chi connectivity index (χ0) is 17.1. The van der Waals surface area contributed by atoms with Crippen LogP contribution in [0.15, 0.2) is 24.5 Å². The number of carbonyl (C=O) groups excluding carboxylic acids is 2. The number of aromatic nitrogens is 4. The number of carbonyl (C=O) groups is 2. The monoisotopic (exact) mass is 329 g/mol. The van der Waals surface area contributed by atoms with E-state index in [1.54, 1.807) is 23.1 Å². The van der Waals surface area contributed by atoms with E-state index in [1.165, 1.54) is 14.0 Å². The normalized spacial score (nSPS) is 17.6. The summed E-state index contributed by atoms with van der Waals surface area (Å²) in [5.74, 6) is 0.344. The highest BCUT2D eigenvalue weighted by molar-refractivity contribution is 5.93. The predicted molar refractivity (Wildman–Crippen MR) is 86.1 cm³/mol. The van der Waals surface area contributed by atoms with Crippen LogP contribution in [0.2, 0.25) is 0 Å². The zero-order valence-electron chi connectivity index (χ0n) is 13.7. The van der Waals surface area contributed by atoms with Crippen LogP contribution in [-0.2, 0) is 4.74 Å². The maximum Gasteiger partial charge on any atom is 0.360 e. The van der Waals surface area contributed by atoms with Gasteiger partial charge in [0.2, 0.25) is 0 Å². The fraction of sp³-hybridized carbons (Fsp3) is 0.438. The van der Waals surface area contributed by atoms with Crippen LogP contribution >= 0.6 is 0 Å². The molecule has 0 radical (unpaired) electrons. The van der Waals surface area contributed by atoms with Crippen LogP contribution in [-0.4, -0.2) is 51.9 Å². The first-order chi connectivity index (χ1) is 11.6. The molecule has 1 fully saturated rings. The minimum atomic E-state index is -0.490. The van der Waals surface area contributed by atoms with Crippen LogP contribution in [0.25, 0.3) is 0 Å². The van der Waals surface area contributed by atoms with E-state index in [1.807, 2.05) is 6.07 Å². The van der Waals surface area contributed by atoms with Gasteiger partial charge >= 0.3 is 5.97 Å². The van der Waals surface area contributed by atoms with Gasteiger partial charge in [0.05, 0.1) is 19.3 Å². The number of ether oxygens (including phenoxy) is 1. The number of nitrogens with zero attached hydrogens (tertiary/aromatic N) is 5. The number of rotatable bonds is 4. The van der Waals surface area contributed by atoms with Crippen molar-refractivity contribution in [1.29, 1.82) is 0 Å². The smallest absolute Gasteiger partial charge is 0.360 e. The Bertz CT molecular complexity index is 740. The quantitative estimate of drug-likeness (QED) is 0.620. The van der Waals surface area contributed by atoms with E-state index in [4.69, 9.17) is 0 Å². The van der Waals surface area contributed by atoms with Crippen LogP contribution in [0, 0.1) is 0 Å². The lowest BCUT2D eigenvalue weighted by Gasteiger charge is -2.33. The molecule has 3 heterocycles. The Morgan fingerprint density at radius 1 is 1.33 bits per heavy atom. The number of pyridine rings is 1. The van der Waals surface area contributed by atoms with Crippen molar-refractivity contribution in [2.75, 3.05) is 25.1 Å². The molecule has 126 valence electrons. The molecule has 0 aliphatic carbocycles. The fourth-order valence-electron chi connectivity index (χ4n) is 2.81. The van der Waals surface area contributed by atoms with E-state index < -0.39 is 5.97 Å². The van der Waals surface area contributed by atoms with E-state index in [2.05, 4.69) is 24.9 Å². The molecule has 8 heteroatoms. The van der Waals surface area contributed by atoms with Crippen molar-refractivity contribution >= 4 is 17.6 Å². The van der Waals surface area contributed by atoms with Crippen molar-refractivity contribution in [2.45, 2.75) is 25.8 Å². The first-order valence-electron chi connectivity index (χ1n) is 7.80. The van der Waals surface area contributed by atoms with Crippen LogP contribution in [0.3, 0.4) is 0 Å². The largest absolute Gasteiger partial charge is 0.464 e. The molecule has 0 amide bonds. The van der Waals surface area contributed by atoms with E-state index in [-0.39, 0.29) is 17.5 Å². The molecular formula is C16H19N5O3. The van der Waals surface area contributed by atoms with Gasteiger partial charge in [-0.25, -0.2) is 14.5 Å². The molecule has 2 aromatic heterocycles. The van der Waals surface area contributed by atoms with E-state index in [9.17, 15) is 9.59 Å². The van der Waals surface area contributed by atoms with Gasteiger partial charge in [0.25, 0.3) is 0 Å². The molecule has 0 saturated carbocycles. The number of esters is 1. The van der Waals surface area contributed by atoms with Crippen molar-refractivity contribution in [3.63, 3.8) is 0 Å². The van der Waals surface area contributed by atoms with Gasteiger partial charge in [-0.15, -0.1) is 5.10 Å². The van der Waals surface area contributed by atoms with Gasteiger partial charge in [0.1, 0.15) is 5.82 Å². The standard InChI is InChI=1S/C16H19N5O3/c1-11(22)12-5-6-15(17-8-12)20-7-3-4-13(9-20)21-10-14(18-19-21)16(23)24-2/h5-6,8,10,13H,3-4,7,9H2,1-2H3. The summed E-state index contributed by atoms with van der Waals surface area (Å²) in [5, 5.41) is 7.91. The Balaban J connectivity index is 1.73. The Hall–Kier alpha value is -2.77. The Morgan fingerprint density at radius 3 is 2.83 bits per heavy atom. The summed E-state index contributed by atoms with van der Waals surface area (Å²) in [5.41, 5.74) is 0.810. The molecule has 24 heavy (non-hydrogen) atoms. The first-order valence-corrected chi connectivity index (χ1v) is 7.80. The molecule has 0 N–H and O–H groups in total. The number of methoxy groups -OCH3 is 1. The van der Waals surface area contributed by atoms with Gasteiger partial charge in [-0.05, 0) is 31.9 Å². The third kappa shape index (κ3) is 3.27. The van der Waals surface area contributed by atoms with Crippen LogP contribution < -0.4 is 4.90 Å². The number of anilines is 1. The Morgan fingerprint density at radius 2 is 2.17 bits per heavy atom. The van der Waals surface area contributed by atoms with Crippen molar-refractivity contribution in [1.82, 2.24) is 20.0 Å². The molecule has 1 atom stereocenters. The van der Waals surface area contributed by atoms with Crippen molar-refractivity contribution in [3.8, 4) is 0 Å². The number of Topliss-reactive ketones (excluding diaryl/α,β-unsaturated/α-hetero) is 1. The van der Waals surface area contributed by atoms with Crippen molar-refractivity contribution < 1.29 is 14.3 Å². The second-order valence-electron chi connectivity index (χ2n) is 5.78. The number of hydrogen-bond donors (Lipinski definition) is 0. The lowest BCUT2D eigenvalue weighted by molar-refractivity contribution is 0.0593. The van der Waals surface area contributed by atoms with Crippen LogP contribution in [0.4, 0.5) is 5.82 Å². The van der Waals surface area contributed by atoms with Crippen LogP contribution in [0.5, 0.6) is 0 Å². The highest BCUT2D eigenvalue weighted by Gasteiger charge is 2.24. The summed E-state index contributed by atoms with van der Waals surface area (Å²) in [6, 6.07) is 3.76. The highest BCUT2D eigenvalue weighted by atomic mass is 16.5. The molecule has 0 spiro atoms. The SMILES string of the molecule is COC(=O)c1cn(C2CCCN(c3ccc(C(C)=O)cn3)C2)nn1. The molecule has 8 nitrogen and oxygen atoms in total. The lowest BCUT2D eigenvalue weighted by atomic mass is 10.1. The predicted octanol–water partition coefficient (Wildman–Crippen LogP) is 1.50. The summed E-state index contributed by atoms with van der Waals surface area (Å²) in [6.45, 7) is 3.13. The average Bonchev–Trinajstić information content (AvgIpc) is 3.11. The second kappa shape index (κ2) is 6.77. The van der Waals surface area contributed by atoms with E-state index >= 15 is 0 Å². The summed E-state index contributed by atoms with van der Waals surface area (Å²) < 4.78 is 6.37. The van der Waals surface area contributed by atoms with Crippen LogP contribution in [0.1, 0.15) is 46.7 Å². The molecule has 0 aromatic carbocycles. The van der Waals surface area contributed by atoms with Gasteiger partial charge in [-0.3, -0.25) is 4.79 Å². The third-order valence-electron chi connectivity index (χ3n) is 4.15. The maximum atomic E-state index is 11.5. The van der Waals surface area contributed by atoms with Gasteiger partial charge in [0.15, 0.2) is 11.5 Å². The number of ketones is 1. The van der Waals surface area contributed by atoms with Gasteiger partial charge < -0.3 is 9.64 Å². The highest BCUT2D eigenvalue weighted by Crippen LogP contribution is 2.24. The third-order valence-corrected chi connectivity index (χ3v) is 4.15. The molecule has 0 bridgehead atoms. The second-order valence-corrected chi connectivity index (χ2v) is 5.78. The van der Waals surface area contributed by atoms with Crippen molar-refractivity contribution in [3.05, 3.63) is 35.8 Å². The lowest BCUT2D eigenvalue weighted by Crippen LogP contribution is -2.37. The van der Waals surface area contributed by atoms with E-state index in [0.29, 0.717) is 5.56 Å². The Kier molecular flexibility index (Phi) is 4.54. The summed E-state index contributed by atoms with van der Waals surface area (Å²) in [6.07, 6.45) is 5.15. The van der Waals surface area contributed by atoms with Crippen molar-refractivity contribution in [2.24, 2.45) is 0 Å². The zero-order valence-corrected chi connectivity index (χ0v) is 13.7. The number of hydrogen-bond acceptors (Lipinski definition) is 7. The topological polar surface area (TPSA) is 90.2 Å². The molecule has 1 aliphatic rings. The average molecular weight is 329 g/mol. The minimum Gasteiger partial charge on any atom is -0.464 e. The minimum absolute atomic E-state index is 0.00326. The summed E-state index contributed by atoms with van der Waals surface area (Å²) in [7, 11) is 1.32. The number of piperidine rings is 1. The first kappa shape index (κ1) is 16.1. The molecule has 1 unspecified atom stereocenters. The molecule has 1 aliphatic heterocycles. The van der Waals surface area contributed by atoms with Gasteiger partial charge in [-0.2, -0.15) is 0 Å².